The van der Waals surface area contributed by atoms with Crippen molar-refractivity contribution in [3.63, 3.8) is 0 Å². The van der Waals surface area contributed by atoms with Crippen molar-refractivity contribution in [3.8, 4) is 0 Å². The SMILES string of the molecule is CCCCCCCCCCCCCCCC[C@]1(C)CC/C=C(C)/C(I)=C(C)\C(C)=C\O1. The van der Waals surface area contributed by atoms with Crippen LogP contribution >= 0.6 is 22.6 Å². The summed E-state index contributed by atoms with van der Waals surface area (Å²) in [6.07, 6.45) is 27.6. The molecule has 1 aliphatic heterocycles. The highest BCUT2D eigenvalue weighted by atomic mass is 127. The van der Waals surface area contributed by atoms with E-state index in [0.29, 0.717) is 0 Å². The Morgan fingerprint density at radius 2 is 1.26 bits per heavy atom. The Kier molecular flexibility index (Phi) is 16.0. The predicted octanol–water partition coefficient (Wildman–Crippen LogP) is 11.0. The lowest BCUT2D eigenvalue weighted by atomic mass is 9.91. The van der Waals surface area contributed by atoms with Crippen molar-refractivity contribution in [3.05, 3.63) is 32.6 Å². The first kappa shape index (κ1) is 28.8. The molecule has 0 aromatic rings. The molecular weight excluding hydrogens is 491 g/mol. The van der Waals surface area contributed by atoms with E-state index in [9.17, 15) is 0 Å². The van der Waals surface area contributed by atoms with Gasteiger partial charge in [0, 0.05) is 3.58 Å². The number of allylic oxidation sites excluding steroid dienone is 5. The van der Waals surface area contributed by atoms with Gasteiger partial charge in [-0.05, 0) is 92.7 Å². The van der Waals surface area contributed by atoms with Crippen molar-refractivity contribution in [2.24, 2.45) is 0 Å². The summed E-state index contributed by atoms with van der Waals surface area (Å²) in [6, 6.07) is 0. The summed E-state index contributed by atoms with van der Waals surface area (Å²) >= 11 is 2.47. The highest BCUT2D eigenvalue weighted by molar-refractivity contribution is 14.1. The van der Waals surface area contributed by atoms with Gasteiger partial charge >= 0.3 is 0 Å². The van der Waals surface area contributed by atoms with Crippen molar-refractivity contribution in [2.45, 2.75) is 149 Å². The van der Waals surface area contributed by atoms with Gasteiger partial charge in [0.1, 0.15) is 5.60 Å². The molecule has 1 aliphatic rings. The average molecular weight is 543 g/mol. The van der Waals surface area contributed by atoms with E-state index in [0.717, 1.165) is 12.8 Å². The topological polar surface area (TPSA) is 9.23 Å². The van der Waals surface area contributed by atoms with Gasteiger partial charge in [0.15, 0.2) is 0 Å². The van der Waals surface area contributed by atoms with Crippen LogP contribution in [0.25, 0.3) is 0 Å². The van der Waals surface area contributed by atoms with Crippen LogP contribution in [-0.4, -0.2) is 5.60 Å². The molecule has 0 aromatic heterocycles. The number of ether oxygens (including phenoxy) is 1. The molecular formula is C29H51IO. The number of unbranched alkanes of at least 4 members (excludes halogenated alkanes) is 13. The van der Waals surface area contributed by atoms with E-state index in [1.54, 1.807) is 0 Å². The molecule has 31 heavy (non-hydrogen) atoms. The van der Waals surface area contributed by atoms with E-state index in [1.165, 1.54) is 117 Å². The van der Waals surface area contributed by atoms with E-state index in [1.807, 2.05) is 6.26 Å². The highest BCUT2D eigenvalue weighted by Crippen LogP contribution is 2.32. The van der Waals surface area contributed by atoms with Crippen LogP contribution in [0.15, 0.2) is 32.6 Å². The Labute approximate surface area is 208 Å². The number of halogens is 1. The standard InChI is InChI=1S/C29H51IO/c1-6-7-8-9-10-11-12-13-14-15-16-17-18-19-22-29(5)23-20-21-25(2)28(30)27(4)26(3)24-31-29/h21,24H,6-20,22-23H2,1-5H3/b25-21+,26-24+,28-27+/t29-/m1/s1. The molecule has 0 bridgehead atoms. The van der Waals surface area contributed by atoms with Crippen molar-refractivity contribution in [2.75, 3.05) is 0 Å². The first-order chi connectivity index (χ1) is 14.9. The molecule has 1 rings (SSSR count). The van der Waals surface area contributed by atoms with Crippen LogP contribution < -0.4 is 0 Å². The molecule has 0 aliphatic carbocycles. The summed E-state index contributed by atoms with van der Waals surface area (Å²) in [6.45, 7) is 11.2. The van der Waals surface area contributed by atoms with Gasteiger partial charge in [-0.15, -0.1) is 0 Å². The number of rotatable bonds is 15. The van der Waals surface area contributed by atoms with Gasteiger partial charge in [-0.2, -0.15) is 0 Å². The van der Waals surface area contributed by atoms with E-state index in [4.69, 9.17) is 4.74 Å². The molecule has 1 heterocycles. The Bertz CT molecular complexity index is 571. The number of hydrogen-bond acceptors (Lipinski definition) is 1. The molecule has 0 aromatic carbocycles. The van der Waals surface area contributed by atoms with Gasteiger partial charge in [0.25, 0.3) is 0 Å². The molecule has 0 saturated carbocycles. The lowest BCUT2D eigenvalue weighted by molar-refractivity contribution is 0.0206. The summed E-state index contributed by atoms with van der Waals surface area (Å²) in [7, 11) is 0. The number of hydrogen-bond donors (Lipinski definition) is 0. The Hall–Kier alpha value is -0.250. The largest absolute Gasteiger partial charge is 0.495 e. The first-order valence-corrected chi connectivity index (χ1v) is 14.4. The van der Waals surface area contributed by atoms with Crippen LogP contribution in [0.5, 0.6) is 0 Å². The molecule has 0 spiro atoms. The summed E-state index contributed by atoms with van der Waals surface area (Å²) in [5.41, 5.74) is 3.98. The van der Waals surface area contributed by atoms with Crippen LogP contribution in [0.1, 0.15) is 144 Å². The van der Waals surface area contributed by atoms with Crippen LogP contribution in [0.4, 0.5) is 0 Å². The summed E-state index contributed by atoms with van der Waals surface area (Å²) in [5, 5.41) is 0. The Balaban J connectivity index is 2.17. The summed E-state index contributed by atoms with van der Waals surface area (Å²) < 4.78 is 7.72. The zero-order chi connectivity index (χ0) is 23.0. The van der Waals surface area contributed by atoms with Gasteiger partial charge in [0.05, 0.1) is 6.26 Å². The molecule has 180 valence electrons. The quantitative estimate of drug-likeness (QED) is 0.148. The van der Waals surface area contributed by atoms with E-state index in [2.05, 4.69) is 63.3 Å². The smallest absolute Gasteiger partial charge is 0.106 e. The lowest BCUT2D eigenvalue weighted by Gasteiger charge is -2.30. The fraction of sp³-hybridized carbons (Fsp3) is 0.793. The van der Waals surface area contributed by atoms with Gasteiger partial charge < -0.3 is 4.74 Å². The second kappa shape index (κ2) is 17.3. The maximum Gasteiger partial charge on any atom is 0.106 e. The molecule has 2 heteroatoms. The molecule has 1 nitrogen and oxygen atoms in total. The molecule has 0 radical (unpaired) electrons. The first-order valence-electron chi connectivity index (χ1n) is 13.3. The molecule has 0 N–H and O–H groups in total. The fourth-order valence-electron chi connectivity index (χ4n) is 4.41. The minimum absolute atomic E-state index is 0.0295. The van der Waals surface area contributed by atoms with Gasteiger partial charge in [0.2, 0.25) is 0 Å². The molecule has 0 saturated heterocycles. The summed E-state index contributed by atoms with van der Waals surface area (Å²) in [5.74, 6) is 0. The monoisotopic (exact) mass is 542 g/mol. The van der Waals surface area contributed by atoms with Gasteiger partial charge in [-0.3, -0.25) is 0 Å². The van der Waals surface area contributed by atoms with E-state index < -0.39 is 0 Å². The molecule has 1 atom stereocenters. The zero-order valence-corrected chi connectivity index (χ0v) is 23.6. The zero-order valence-electron chi connectivity index (χ0n) is 21.5. The lowest BCUT2D eigenvalue weighted by Crippen LogP contribution is -2.27. The van der Waals surface area contributed by atoms with Crippen molar-refractivity contribution < 1.29 is 4.74 Å². The van der Waals surface area contributed by atoms with Crippen molar-refractivity contribution in [1.82, 2.24) is 0 Å². The van der Waals surface area contributed by atoms with E-state index in [-0.39, 0.29) is 5.60 Å². The normalized spacial score (nSPS) is 26.0. The Morgan fingerprint density at radius 1 is 0.774 bits per heavy atom. The third kappa shape index (κ3) is 13.1. The molecule has 0 fully saturated rings. The Morgan fingerprint density at radius 3 is 1.77 bits per heavy atom. The second-order valence-corrected chi connectivity index (χ2v) is 11.2. The van der Waals surface area contributed by atoms with Crippen molar-refractivity contribution >= 4 is 22.6 Å². The fourth-order valence-corrected chi connectivity index (χ4v) is 5.05. The van der Waals surface area contributed by atoms with Crippen LogP contribution in [0.3, 0.4) is 0 Å². The maximum absolute atomic E-state index is 6.36. The van der Waals surface area contributed by atoms with Crippen molar-refractivity contribution in [1.29, 1.82) is 0 Å². The minimum atomic E-state index is -0.0295. The minimum Gasteiger partial charge on any atom is -0.495 e. The highest BCUT2D eigenvalue weighted by Gasteiger charge is 2.24. The van der Waals surface area contributed by atoms with Crippen LogP contribution in [0.2, 0.25) is 0 Å². The van der Waals surface area contributed by atoms with Gasteiger partial charge in [-0.1, -0.05) is 96.5 Å². The van der Waals surface area contributed by atoms with Crippen LogP contribution in [-0.2, 0) is 4.74 Å². The summed E-state index contributed by atoms with van der Waals surface area (Å²) in [4.78, 5) is 0. The second-order valence-electron chi connectivity index (χ2n) is 10.1. The third-order valence-electron chi connectivity index (χ3n) is 6.97. The maximum atomic E-state index is 6.36. The van der Waals surface area contributed by atoms with Gasteiger partial charge in [-0.25, -0.2) is 0 Å². The third-order valence-corrected chi connectivity index (χ3v) is 8.63. The average Bonchev–Trinajstić information content (AvgIpc) is 2.76. The molecule has 0 amide bonds. The van der Waals surface area contributed by atoms with E-state index >= 15 is 0 Å². The predicted molar refractivity (Wildman–Crippen MR) is 148 cm³/mol. The molecule has 0 unspecified atom stereocenters. The van der Waals surface area contributed by atoms with Crippen LogP contribution in [0, 0.1) is 0 Å².